The summed E-state index contributed by atoms with van der Waals surface area (Å²) in [5.74, 6) is 1.01. The lowest BCUT2D eigenvalue weighted by Gasteiger charge is -2.36. The summed E-state index contributed by atoms with van der Waals surface area (Å²) in [7, 11) is 0. The van der Waals surface area contributed by atoms with Crippen molar-refractivity contribution in [2.45, 2.75) is 36.8 Å². The summed E-state index contributed by atoms with van der Waals surface area (Å²) >= 11 is 1.67. The third-order valence-electron chi connectivity index (χ3n) is 5.23. The van der Waals surface area contributed by atoms with Crippen LogP contribution in [0.1, 0.15) is 25.3 Å². The van der Waals surface area contributed by atoms with Crippen LogP contribution >= 0.6 is 11.8 Å². The summed E-state index contributed by atoms with van der Waals surface area (Å²) < 4.78 is 5.42. The first-order valence-electron chi connectivity index (χ1n) is 9.44. The van der Waals surface area contributed by atoms with Crippen LogP contribution in [0.25, 0.3) is 0 Å². The van der Waals surface area contributed by atoms with Crippen molar-refractivity contribution in [1.29, 1.82) is 0 Å². The Kier molecular flexibility index (Phi) is 6.79. The van der Waals surface area contributed by atoms with Gasteiger partial charge in [0.2, 0.25) is 5.91 Å². The highest BCUT2D eigenvalue weighted by atomic mass is 32.2. The molecule has 138 valence electrons. The molecule has 1 atom stereocenters. The van der Waals surface area contributed by atoms with Gasteiger partial charge in [-0.3, -0.25) is 9.69 Å². The zero-order valence-electron chi connectivity index (χ0n) is 15.4. The molecule has 4 nitrogen and oxygen atoms in total. The Labute approximate surface area is 155 Å². The van der Waals surface area contributed by atoms with E-state index in [1.54, 1.807) is 11.8 Å². The standard InChI is InChI=1S/C20H30N2O2S/c1-16-3-5-19(6-4-16)25-17(2)20(23)22-9-7-18(8-10-22)15-21-11-13-24-14-12-21/h3-6,17-18H,7-15H2,1-2H3/t17-/m1/s1. The molecule has 0 aromatic heterocycles. The molecule has 3 rings (SSSR count). The van der Waals surface area contributed by atoms with Crippen LogP contribution < -0.4 is 0 Å². The number of ether oxygens (including phenoxy) is 1. The summed E-state index contributed by atoms with van der Waals surface area (Å²) in [6.45, 7) is 11.0. The van der Waals surface area contributed by atoms with Crippen molar-refractivity contribution >= 4 is 17.7 Å². The molecule has 0 N–H and O–H groups in total. The van der Waals surface area contributed by atoms with E-state index in [0.717, 1.165) is 58.2 Å². The molecule has 25 heavy (non-hydrogen) atoms. The highest BCUT2D eigenvalue weighted by molar-refractivity contribution is 8.00. The van der Waals surface area contributed by atoms with E-state index in [1.807, 2.05) is 6.92 Å². The van der Waals surface area contributed by atoms with E-state index in [-0.39, 0.29) is 11.2 Å². The SMILES string of the molecule is Cc1ccc(S[C@H](C)C(=O)N2CCC(CN3CCOCC3)CC2)cc1. The highest BCUT2D eigenvalue weighted by Crippen LogP contribution is 2.27. The van der Waals surface area contributed by atoms with E-state index in [9.17, 15) is 4.79 Å². The van der Waals surface area contributed by atoms with Gasteiger partial charge in [-0.2, -0.15) is 0 Å². The van der Waals surface area contributed by atoms with Gasteiger partial charge in [0.25, 0.3) is 0 Å². The molecule has 0 radical (unpaired) electrons. The van der Waals surface area contributed by atoms with Crippen molar-refractivity contribution in [1.82, 2.24) is 9.80 Å². The largest absolute Gasteiger partial charge is 0.379 e. The minimum absolute atomic E-state index is 0.0153. The van der Waals surface area contributed by atoms with E-state index in [1.165, 1.54) is 17.0 Å². The number of benzene rings is 1. The Balaban J connectivity index is 1.43. The molecule has 2 aliphatic heterocycles. The first-order chi connectivity index (χ1) is 12.1. The molecule has 1 aromatic rings. The fraction of sp³-hybridized carbons (Fsp3) is 0.650. The minimum atomic E-state index is -0.0153. The lowest BCUT2D eigenvalue weighted by molar-refractivity contribution is -0.131. The summed E-state index contributed by atoms with van der Waals surface area (Å²) in [6, 6.07) is 8.43. The number of aryl methyl sites for hydroxylation is 1. The first kappa shape index (κ1) is 18.7. The fourth-order valence-electron chi connectivity index (χ4n) is 3.61. The Bertz CT molecular complexity index is 549. The van der Waals surface area contributed by atoms with Crippen molar-refractivity contribution in [3.8, 4) is 0 Å². The second-order valence-corrected chi connectivity index (χ2v) is 8.67. The number of piperidine rings is 1. The second-order valence-electron chi connectivity index (χ2n) is 7.25. The van der Waals surface area contributed by atoms with Gasteiger partial charge in [0.15, 0.2) is 0 Å². The van der Waals surface area contributed by atoms with Crippen LogP contribution in [0.15, 0.2) is 29.2 Å². The van der Waals surface area contributed by atoms with E-state index >= 15 is 0 Å². The number of hydrogen-bond donors (Lipinski definition) is 0. The highest BCUT2D eigenvalue weighted by Gasteiger charge is 2.27. The van der Waals surface area contributed by atoms with Gasteiger partial charge < -0.3 is 9.64 Å². The monoisotopic (exact) mass is 362 g/mol. The average molecular weight is 363 g/mol. The molecule has 2 fully saturated rings. The molecule has 0 unspecified atom stereocenters. The smallest absolute Gasteiger partial charge is 0.235 e. The maximum absolute atomic E-state index is 12.7. The predicted octanol–water partition coefficient (Wildman–Crippen LogP) is 3.05. The summed E-state index contributed by atoms with van der Waals surface area (Å²) in [5, 5.41) is -0.0153. The maximum Gasteiger partial charge on any atom is 0.235 e. The van der Waals surface area contributed by atoms with Gasteiger partial charge in [-0.25, -0.2) is 0 Å². The van der Waals surface area contributed by atoms with Crippen molar-refractivity contribution < 1.29 is 9.53 Å². The molecule has 0 spiro atoms. The van der Waals surface area contributed by atoms with E-state index < -0.39 is 0 Å². The number of likely N-dealkylation sites (tertiary alicyclic amines) is 1. The van der Waals surface area contributed by atoms with Crippen molar-refractivity contribution in [3.63, 3.8) is 0 Å². The van der Waals surface area contributed by atoms with Gasteiger partial charge in [0.1, 0.15) is 0 Å². The number of morpholine rings is 1. The maximum atomic E-state index is 12.7. The van der Waals surface area contributed by atoms with Gasteiger partial charge in [0, 0.05) is 37.6 Å². The molecule has 2 saturated heterocycles. The number of hydrogen-bond acceptors (Lipinski definition) is 4. The van der Waals surface area contributed by atoms with Crippen LogP contribution in [0.2, 0.25) is 0 Å². The second kappa shape index (κ2) is 9.06. The average Bonchev–Trinajstić information content (AvgIpc) is 2.64. The molecule has 0 saturated carbocycles. The molecule has 2 heterocycles. The van der Waals surface area contributed by atoms with Crippen LogP contribution in [0, 0.1) is 12.8 Å². The molecular formula is C20H30N2O2S. The normalized spacial score (nSPS) is 21.3. The van der Waals surface area contributed by atoms with Gasteiger partial charge >= 0.3 is 0 Å². The van der Waals surface area contributed by atoms with Crippen LogP contribution in [0.5, 0.6) is 0 Å². The molecule has 0 bridgehead atoms. The minimum Gasteiger partial charge on any atom is -0.379 e. The fourth-order valence-corrected chi connectivity index (χ4v) is 4.56. The predicted molar refractivity (Wildman–Crippen MR) is 103 cm³/mol. The van der Waals surface area contributed by atoms with Crippen LogP contribution in [-0.2, 0) is 9.53 Å². The van der Waals surface area contributed by atoms with Gasteiger partial charge in [-0.15, -0.1) is 11.8 Å². The van der Waals surface area contributed by atoms with Crippen LogP contribution in [-0.4, -0.2) is 66.9 Å². The van der Waals surface area contributed by atoms with E-state index in [2.05, 4.69) is 41.0 Å². The molecule has 0 aliphatic carbocycles. The summed E-state index contributed by atoms with van der Waals surface area (Å²) in [5.41, 5.74) is 1.26. The molecule has 1 aromatic carbocycles. The number of rotatable bonds is 5. The van der Waals surface area contributed by atoms with Gasteiger partial charge in [-0.05, 0) is 44.7 Å². The zero-order chi connectivity index (χ0) is 17.6. The van der Waals surface area contributed by atoms with Gasteiger partial charge in [-0.1, -0.05) is 17.7 Å². The number of nitrogens with zero attached hydrogens (tertiary/aromatic N) is 2. The summed E-state index contributed by atoms with van der Waals surface area (Å²) in [6.07, 6.45) is 2.26. The Morgan fingerprint density at radius 2 is 1.80 bits per heavy atom. The van der Waals surface area contributed by atoms with Crippen molar-refractivity contribution in [3.05, 3.63) is 29.8 Å². The third-order valence-corrected chi connectivity index (χ3v) is 6.33. The molecule has 5 heteroatoms. The van der Waals surface area contributed by atoms with Crippen LogP contribution in [0.4, 0.5) is 0 Å². The Morgan fingerprint density at radius 1 is 1.16 bits per heavy atom. The number of carbonyl (C=O) groups is 1. The summed E-state index contributed by atoms with van der Waals surface area (Å²) in [4.78, 5) is 18.5. The quantitative estimate of drug-likeness (QED) is 0.754. The number of carbonyl (C=O) groups excluding carboxylic acids is 1. The molecule has 2 aliphatic rings. The van der Waals surface area contributed by atoms with E-state index in [4.69, 9.17) is 4.74 Å². The van der Waals surface area contributed by atoms with Crippen LogP contribution in [0.3, 0.4) is 0 Å². The number of thioether (sulfide) groups is 1. The Hall–Kier alpha value is -1.04. The van der Waals surface area contributed by atoms with E-state index in [0.29, 0.717) is 0 Å². The van der Waals surface area contributed by atoms with Gasteiger partial charge in [0.05, 0.1) is 18.5 Å². The number of amides is 1. The van der Waals surface area contributed by atoms with Crippen molar-refractivity contribution in [2.24, 2.45) is 5.92 Å². The first-order valence-corrected chi connectivity index (χ1v) is 10.3. The topological polar surface area (TPSA) is 32.8 Å². The zero-order valence-corrected chi connectivity index (χ0v) is 16.3. The molecule has 1 amide bonds. The molecular weight excluding hydrogens is 332 g/mol. The Morgan fingerprint density at radius 3 is 2.44 bits per heavy atom. The lowest BCUT2D eigenvalue weighted by Crippen LogP contribution is -2.45. The third kappa shape index (κ3) is 5.47. The lowest BCUT2D eigenvalue weighted by atomic mass is 9.96. The van der Waals surface area contributed by atoms with Crippen molar-refractivity contribution in [2.75, 3.05) is 45.9 Å².